The molecule has 0 saturated carbocycles. The maximum Gasteiger partial charge on any atom is 0.405 e. The lowest BCUT2D eigenvalue weighted by atomic mass is 9.80. The van der Waals surface area contributed by atoms with Crippen molar-refractivity contribution in [3.63, 3.8) is 0 Å². The summed E-state index contributed by atoms with van der Waals surface area (Å²) in [5.74, 6) is -0.521. The Hall–Kier alpha value is -2.50. The van der Waals surface area contributed by atoms with Crippen molar-refractivity contribution in [2.24, 2.45) is 11.3 Å². The second-order valence-corrected chi connectivity index (χ2v) is 17.4. The fraction of sp³-hybridized carbons (Fsp3) is 0.486. The molecule has 3 aromatic rings. The van der Waals surface area contributed by atoms with Gasteiger partial charge in [-0.05, 0) is 91.4 Å². The molecule has 4 rings (SSSR count). The Balaban J connectivity index is 1.68. The van der Waals surface area contributed by atoms with Gasteiger partial charge in [-0.3, -0.25) is 4.55 Å². The summed E-state index contributed by atoms with van der Waals surface area (Å²) < 4.78 is 77.6. The third kappa shape index (κ3) is 7.57. The molecule has 0 amide bonds. The lowest BCUT2D eigenvalue weighted by Crippen LogP contribution is -2.52. The maximum absolute atomic E-state index is 14.1. The number of alkyl halides is 2. The van der Waals surface area contributed by atoms with Gasteiger partial charge in [0.25, 0.3) is 0 Å². The van der Waals surface area contributed by atoms with Crippen LogP contribution in [0.15, 0.2) is 87.5 Å². The van der Waals surface area contributed by atoms with Crippen LogP contribution in [-0.2, 0) is 41.7 Å². The predicted molar refractivity (Wildman–Crippen MR) is 174 cm³/mol. The number of hydrogen-bond donors (Lipinski definition) is 1. The van der Waals surface area contributed by atoms with Gasteiger partial charge in [0.1, 0.15) is 5.75 Å². The average molecular weight is 664 g/mol. The first-order valence-electron chi connectivity index (χ1n) is 15.0. The topological polar surface area (TPSA) is 82.1 Å². The van der Waals surface area contributed by atoms with Crippen LogP contribution in [0.2, 0.25) is 0 Å². The minimum Gasteiger partial charge on any atom is -0.483 e. The Morgan fingerprint density at radius 3 is 1.78 bits per heavy atom. The zero-order valence-corrected chi connectivity index (χ0v) is 29.1. The molecule has 0 bridgehead atoms. The van der Waals surface area contributed by atoms with Gasteiger partial charge in [-0.15, -0.1) is 0 Å². The molecule has 1 saturated heterocycles. The third-order valence-electron chi connectivity index (χ3n) is 8.21. The molecule has 1 fully saturated rings. The van der Waals surface area contributed by atoms with Crippen LogP contribution in [0.25, 0.3) is 0 Å². The second kappa shape index (κ2) is 12.6. The van der Waals surface area contributed by atoms with Crippen LogP contribution in [0.5, 0.6) is 5.75 Å². The second-order valence-electron chi connectivity index (χ2n) is 13.9. The fourth-order valence-electron chi connectivity index (χ4n) is 5.56. The fourth-order valence-corrected chi connectivity index (χ4v) is 8.07. The Morgan fingerprint density at radius 1 is 0.867 bits per heavy atom. The van der Waals surface area contributed by atoms with E-state index in [9.17, 15) is 17.2 Å². The molecule has 3 aromatic carbocycles. The van der Waals surface area contributed by atoms with E-state index >= 15 is 0 Å². The SMILES string of the molecule is CC(C)C1OC(C)(c2ccc([S+](c3ccc(OC(C)C(F)(F)S(=O)(=O)O)cc3)c3ccc(C(C)(C)C)cc3)cc2)OCC1(C)C. The van der Waals surface area contributed by atoms with Crippen molar-refractivity contribution in [2.75, 3.05) is 6.61 Å². The Morgan fingerprint density at radius 2 is 1.33 bits per heavy atom. The molecule has 45 heavy (non-hydrogen) atoms. The lowest BCUT2D eigenvalue weighted by Gasteiger charge is -2.49. The number of halogens is 2. The first kappa shape index (κ1) is 35.4. The van der Waals surface area contributed by atoms with Gasteiger partial charge in [-0.25, -0.2) is 0 Å². The molecule has 0 aliphatic carbocycles. The Kier molecular flexibility index (Phi) is 9.90. The summed E-state index contributed by atoms with van der Waals surface area (Å²) in [7, 11) is -6.21. The van der Waals surface area contributed by atoms with E-state index in [-0.39, 0.29) is 22.7 Å². The first-order valence-corrected chi connectivity index (χ1v) is 17.7. The molecule has 1 N–H and O–H groups in total. The summed E-state index contributed by atoms with van der Waals surface area (Å²) in [5.41, 5.74) is 1.98. The van der Waals surface area contributed by atoms with Gasteiger partial charge in [0.2, 0.25) is 0 Å². The van der Waals surface area contributed by atoms with Crippen LogP contribution in [0.3, 0.4) is 0 Å². The van der Waals surface area contributed by atoms with Gasteiger partial charge < -0.3 is 14.2 Å². The zero-order valence-electron chi connectivity index (χ0n) is 27.4. The lowest BCUT2D eigenvalue weighted by molar-refractivity contribution is -0.337. The van der Waals surface area contributed by atoms with Crippen molar-refractivity contribution < 1.29 is 36.0 Å². The normalized spacial score (nSPS) is 22.2. The molecule has 1 aliphatic rings. The summed E-state index contributed by atoms with van der Waals surface area (Å²) in [5, 5.41) is -4.46. The summed E-state index contributed by atoms with van der Waals surface area (Å²) >= 11 is 0. The van der Waals surface area contributed by atoms with Crippen LogP contribution in [0.1, 0.15) is 73.4 Å². The van der Waals surface area contributed by atoms with E-state index in [1.165, 1.54) is 17.7 Å². The van der Waals surface area contributed by atoms with Gasteiger partial charge in [-0.1, -0.05) is 60.6 Å². The summed E-state index contributed by atoms with van der Waals surface area (Å²) in [4.78, 5) is 3.00. The van der Waals surface area contributed by atoms with E-state index in [0.29, 0.717) is 12.5 Å². The number of hydrogen-bond acceptors (Lipinski definition) is 5. The number of ether oxygens (including phenoxy) is 3. The standard InChI is InChI=1S/C35H44F2O6S2/c1-23(2)31-33(7,8)22-41-34(9,43-31)26-12-18-29(19-13-26)44(28-16-10-25(11-17-28)32(4,5)6)30-20-14-27(15-21-30)42-24(3)35(36,37)45(38,39)40/h10-21,23-24,31H,22H2,1-9H3/p+1. The molecular weight excluding hydrogens is 619 g/mol. The van der Waals surface area contributed by atoms with Crippen LogP contribution < -0.4 is 4.74 Å². The monoisotopic (exact) mass is 663 g/mol. The van der Waals surface area contributed by atoms with Gasteiger partial charge in [0, 0.05) is 11.0 Å². The van der Waals surface area contributed by atoms with Crippen LogP contribution >= 0.6 is 0 Å². The largest absolute Gasteiger partial charge is 0.483 e. The Labute approximate surface area is 269 Å². The first-order chi connectivity index (χ1) is 20.7. The van der Waals surface area contributed by atoms with E-state index < -0.39 is 38.2 Å². The molecule has 246 valence electrons. The van der Waals surface area contributed by atoms with E-state index in [1.54, 1.807) is 12.1 Å². The smallest absolute Gasteiger partial charge is 0.405 e. The quantitative estimate of drug-likeness (QED) is 0.182. The van der Waals surface area contributed by atoms with Gasteiger partial charge in [0.05, 0.1) is 23.6 Å². The van der Waals surface area contributed by atoms with E-state index in [4.69, 9.17) is 18.8 Å². The molecule has 10 heteroatoms. The molecule has 4 unspecified atom stereocenters. The average Bonchev–Trinajstić information content (AvgIpc) is 2.95. The van der Waals surface area contributed by atoms with Crippen LogP contribution in [-0.4, -0.2) is 37.0 Å². The molecule has 6 nitrogen and oxygen atoms in total. The number of benzene rings is 3. The van der Waals surface area contributed by atoms with E-state index in [1.807, 2.05) is 19.1 Å². The van der Waals surface area contributed by atoms with Crippen LogP contribution in [0, 0.1) is 11.3 Å². The highest BCUT2D eigenvalue weighted by Crippen LogP contribution is 2.44. The highest BCUT2D eigenvalue weighted by molar-refractivity contribution is 7.97. The van der Waals surface area contributed by atoms with Crippen molar-refractivity contribution in [3.05, 3.63) is 83.9 Å². The van der Waals surface area contributed by atoms with Crippen molar-refractivity contribution in [1.29, 1.82) is 0 Å². The van der Waals surface area contributed by atoms with Crippen molar-refractivity contribution >= 4 is 21.0 Å². The molecule has 0 radical (unpaired) electrons. The van der Waals surface area contributed by atoms with E-state index in [0.717, 1.165) is 27.2 Å². The Bertz CT molecular complexity index is 1560. The molecule has 0 spiro atoms. The summed E-state index contributed by atoms with van der Waals surface area (Å²) in [6.07, 6.45) is -2.08. The predicted octanol–water partition coefficient (Wildman–Crippen LogP) is 8.60. The minimum atomic E-state index is -5.63. The van der Waals surface area contributed by atoms with Gasteiger partial charge in [-0.2, -0.15) is 17.2 Å². The molecular formula is C35H45F2O6S2+. The van der Waals surface area contributed by atoms with Gasteiger partial charge in [0.15, 0.2) is 26.6 Å². The zero-order chi connectivity index (χ0) is 33.6. The molecule has 1 aliphatic heterocycles. The molecule has 1 heterocycles. The van der Waals surface area contributed by atoms with Gasteiger partial charge >= 0.3 is 15.4 Å². The van der Waals surface area contributed by atoms with Crippen molar-refractivity contribution in [1.82, 2.24) is 0 Å². The molecule has 0 aromatic heterocycles. The minimum absolute atomic E-state index is 0.0174. The molecule has 4 atom stereocenters. The third-order valence-corrected chi connectivity index (χ3v) is 11.5. The number of rotatable bonds is 9. The van der Waals surface area contributed by atoms with Crippen molar-refractivity contribution in [3.8, 4) is 5.75 Å². The highest BCUT2D eigenvalue weighted by atomic mass is 32.2. The summed E-state index contributed by atoms with van der Waals surface area (Å²) in [6, 6.07) is 23.3. The highest BCUT2D eigenvalue weighted by Gasteiger charge is 2.51. The maximum atomic E-state index is 14.1. The van der Waals surface area contributed by atoms with Crippen molar-refractivity contribution in [2.45, 2.75) is 106 Å². The van der Waals surface area contributed by atoms with E-state index in [2.05, 4.69) is 84.9 Å². The van der Waals surface area contributed by atoms with Crippen LogP contribution in [0.4, 0.5) is 8.78 Å². The summed E-state index contributed by atoms with van der Waals surface area (Å²) in [6.45, 7) is 18.6.